The van der Waals surface area contributed by atoms with Crippen LogP contribution in [-0.2, 0) is 16.3 Å². The molecule has 1 saturated heterocycles. The lowest BCUT2D eigenvalue weighted by atomic mass is 9.93. The maximum absolute atomic E-state index is 13.3. The van der Waals surface area contributed by atoms with Crippen molar-refractivity contribution in [2.45, 2.75) is 18.9 Å². The van der Waals surface area contributed by atoms with Crippen LogP contribution in [0, 0.1) is 11.7 Å². The molecular weight excluding hydrogens is 333 g/mol. The normalized spacial score (nSPS) is 23.4. The summed E-state index contributed by atoms with van der Waals surface area (Å²) in [5.74, 6) is 0.322. The van der Waals surface area contributed by atoms with Gasteiger partial charge in [0.1, 0.15) is 5.82 Å². The first kappa shape index (κ1) is 14.9. The number of sulfone groups is 1. The van der Waals surface area contributed by atoms with E-state index in [9.17, 15) is 12.8 Å². The minimum absolute atomic E-state index is 0.0513. The summed E-state index contributed by atoms with van der Waals surface area (Å²) < 4.78 is 37.2. The highest BCUT2D eigenvalue weighted by Gasteiger charge is 2.33. The van der Waals surface area contributed by atoms with Crippen molar-refractivity contribution in [1.29, 1.82) is 0 Å². The van der Waals surface area contributed by atoms with Crippen LogP contribution in [-0.4, -0.2) is 33.0 Å². The van der Waals surface area contributed by atoms with Crippen LogP contribution in [0.15, 0.2) is 22.7 Å². The van der Waals surface area contributed by atoms with Gasteiger partial charge in [0.25, 0.3) is 0 Å². The van der Waals surface area contributed by atoms with Gasteiger partial charge in [0.2, 0.25) is 0 Å². The van der Waals surface area contributed by atoms with Crippen LogP contribution in [0.1, 0.15) is 12.0 Å². The number of rotatable bonds is 4. The third-order valence-electron chi connectivity index (χ3n) is 3.66. The van der Waals surface area contributed by atoms with Crippen molar-refractivity contribution in [3.63, 3.8) is 0 Å². The number of hydrogen-bond acceptors (Lipinski definition) is 3. The molecule has 0 spiro atoms. The van der Waals surface area contributed by atoms with E-state index in [4.69, 9.17) is 0 Å². The molecule has 2 unspecified atom stereocenters. The third kappa shape index (κ3) is 3.77. The Hall–Kier alpha value is -0.460. The van der Waals surface area contributed by atoms with E-state index in [1.54, 1.807) is 6.07 Å². The molecule has 106 valence electrons. The maximum Gasteiger partial charge on any atom is 0.150 e. The van der Waals surface area contributed by atoms with E-state index in [2.05, 4.69) is 21.2 Å². The first-order valence-electron chi connectivity index (χ1n) is 6.23. The van der Waals surface area contributed by atoms with Crippen LogP contribution in [0.2, 0.25) is 0 Å². The zero-order valence-electron chi connectivity index (χ0n) is 10.7. The zero-order chi connectivity index (χ0) is 14.0. The Kier molecular flexibility index (Phi) is 4.63. The van der Waals surface area contributed by atoms with Gasteiger partial charge in [0.05, 0.1) is 11.5 Å². The van der Waals surface area contributed by atoms with Gasteiger partial charge in [-0.25, -0.2) is 12.8 Å². The van der Waals surface area contributed by atoms with Crippen LogP contribution >= 0.6 is 15.9 Å². The summed E-state index contributed by atoms with van der Waals surface area (Å²) in [7, 11) is -1.06. The van der Waals surface area contributed by atoms with Gasteiger partial charge in [-0.1, -0.05) is 15.9 Å². The van der Waals surface area contributed by atoms with Crippen molar-refractivity contribution in [2.24, 2.45) is 5.92 Å². The molecule has 0 saturated carbocycles. The Morgan fingerprint density at radius 3 is 2.84 bits per heavy atom. The summed E-state index contributed by atoms with van der Waals surface area (Å²) in [5.41, 5.74) is 0.864. The van der Waals surface area contributed by atoms with Crippen molar-refractivity contribution >= 4 is 25.8 Å². The summed E-state index contributed by atoms with van der Waals surface area (Å²) in [6.07, 6.45) is 1.30. The first-order valence-corrected chi connectivity index (χ1v) is 8.84. The summed E-state index contributed by atoms with van der Waals surface area (Å²) in [5, 5.41) is 3.17. The predicted octanol–water partition coefficient (Wildman–Crippen LogP) is 2.15. The molecule has 1 N–H and O–H groups in total. The molecule has 1 aliphatic heterocycles. The molecule has 1 aromatic rings. The van der Waals surface area contributed by atoms with E-state index in [-0.39, 0.29) is 29.3 Å². The van der Waals surface area contributed by atoms with E-state index in [0.29, 0.717) is 12.8 Å². The van der Waals surface area contributed by atoms with Crippen LogP contribution in [0.3, 0.4) is 0 Å². The lowest BCUT2D eigenvalue weighted by molar-refractivity contribution is 0.402. The van der Waals surface area contributed by atoms with Crippen molar-refractivity contribution in [2.75, 3.05) is 18.6 Å². The lowest BCUT2D eigenvalue weighted by Crippen LogP contribution is -2.36. The van der Waals surface area contributed by atoms with Crippen LogP contribution in [0.4, 0.5) is 4.39 Å². The predicted molar refractivity (Wildman–Crippen MR) is 77.4 cm³/mol. The van der Waals surface area contributed by atoms with Gasteiger partial charge in [0, 0.05) is 10.5 Å². The summed E-state index contributed by atoms with van der Waals surface area (Å²) in [6.45, 7) is 0. The van der Waals surface area contributed by atoms with Crippen LogP contribution in [0.5, 0.6) is 0 Å². The Morgan fingerprint density at radius 2 is 2.26 bits per heavy atom. The zero-order valence-corrected chi connectivity index (χ0v) is 13.1. The van der Waals surface area contributed by atoms with Crippen molar-refractivity contribution in [1.82, 2.24) is 5.32 Å². The van der Waals surface area contributed by atoms with Gasteiger partial charge in [-0.15, -0.1) is 0 Å². The van der Waals surface area contributed by atoms with Gasteiger partial charge in [-0.2, -0.15) is 0 Å². The topological polar surface area (TPSA) is 46.2 Å². The van der Waals surface area contributed by atoms with Gasteiger partial charge < -0.3 is 5.32 Å². The highest BCUT2D eigenvalue weighted by atomic mass is 79.9. The van der Waals surface area contributed by atoms with Gasteiger partial charge >= 0.3 is 0 Å². The monoisotopic (exact) mass is 349 g/mol. The largest absolute Gasteiger partial charge is 0.316 e. The minimum Gasteiger partial charge on any atom is -0.316 e. The molecule has 3 nitrogen and oxygen atoms in total. The number of benzene rings is 1. The number of hydrogen-bond donors (Lipinski definition) is 1. The second kappa shape index (κ2) is 5.89. The number of likely N-dealkylation sites (N-methyl/N-ethyl adjacent to an activating group) is 1. The average Bonchev–Trinajstić information content (AvgIpc) is 2.70. The molecule has 1 fully saturated rings. The Labute approximate surface area is 121 Å². The highest BCUT2D eigenvalue weighted by Crippen LogP contribution is 2.26. The fraction of sp³-hybridized carbons (Fsp3) is 0.538. The van der Waals surface area contributed by atoms with Crippen LogP contribution in [0.25, 0.3) is 0 Å². The van der Waals surface area contributed by atoms with Crippen molar-refractivity contribution in [3.05, 3.63) is 34.1 Å². The SMILES string of the molecule is CNC(Cc1cc(F)ccc1Br)C1CCS(=O)(=O)C1. The molecule has 0 aromatic heterocycles. The molecule has 1 aliphatic rings. The summed E-state index contributed by atoms with van der Waals surface area (Å²) in [4.78, 5) is 0. The number of nitrogens with one attached hydrogen (secondary N) is 1. The van der Waals surface area contributed by atoms with E-state index in [1.165, 1.54) is 12.1 Å². The fourth-order valence-corrected chi connectivity index (χ4v) is 4.87. The Balaban J connectivity index is 2.13. The van der Waals surface area contributed by atoms with E-state index < -0.39 is 9.84 Å². The third-order valence-corrected chi connectivity index (χ3v) is 6.22. The highest BCUT2D eigenvalue weighted by molar-refractivity contribution is 9.10. The summed E-state index contributed by atoms with van der Waals surface area (Å²) >= 11 is 3.41. The van der Waals surface area contributed by atoms with Crippen molar-refractivity contribution in [3.8, 4) is 0 Å². The minimum atomic E-state index is -2.89. The number of halogens is 2. The molecule has 0 aliphatic carbocycles. The lowest BCUT2D eigenvalue weighted by Gasteiger charge is -2.22. The summed E-state index contributed by atoms with van der Waals surface area (Å²) in [6, 6.07) is 4.64. The second-order valence-corrected chi connectivity index (χ2v) is 8.08. The second-order valence-electron chi connectivity index (χ2n) is 5.00. The fourth-order valence-electron chi connectivity index (χ4n) is 2.58. The molecule has 2 atom stereocenters. The molecule has 1 aromatic carbocycles. The van der Waals surface area contributed by atoms with Gasteiger partial charge in [0.15, 0.2) is 9.84 Å². The molecule has 0 bridgehead atoms. The first-order chi connectivity index (χ1) is 8.91. The van der Waals surface area contributed by atoms with E-state index >= 15 is 0 Å². The Morgan fingerprint density at radius 1 is 1.53 bits per heavy atom. The van der Waals surface area contributed by atoms with E-state index in [1.807, 2.05) is 7.05 Å². The molecule has 19 heavy (non-hydrogen) atoms. The van der Waals surface area contributed by atoms with Gasteiger partial charge in [-0.05, 0) is 49.6 Å². The van der Waals surface area contributed by atoms with E-state index in [0.717, 1.165) is 10.0 Å². The Bertz CT molecular complexity index is 562. The quantitative estimate of drug-likeness (QED) is 0.905. The molecule has 0 amide bonds. The molecule has 1 heterocycles. The van der Waals surface area contributed by atoms with Gasteiger partial charge in [-0.3, -0.25) is 0 Å². The molecule has 6 heteroatoms. The standard InChI is InChI=1S/C13H17BrFNO2S/c1-16-13(9-4-5-19(17,18)8-9)7-10-6-11(15)2-3-12(10)14/h2-3,6,9,13,16H,4-5,7-8H2,1H3. The van der Waals surface area contributed by atoms with Crippen LogP contribution < -0.4 is 5.32 Å². The smallest absolute Gasteiger partial charge is 0.150 e. The molecule has 0 radical (unpaired) electrons. The van der Waals surface area contributed by atoms with Crippen molar-refractivity contribution < 1.29 is 12.8 Å². The maximum atomic E-state index is 13.3. The average molecular weight is 350 g/mol. The molecular formula is C13H17BrFNO2S. The molecule has 2 rings (SSSR count).